The normalized spacial score (nSPS) is 13.6. The minimum atomic E-state index is -4.40. The molecular formula is C90H161NO8P+. The van der Waals surface area contributed by atoms with Crippen molar-refractivity contribution in [2.75, 3.05) is 47.5 Å². The van der Waals surface area contributed by atoms with Crippen molar-refractivity contribution < 1.29 is 42.1 Å². The Hall–Kier alpha value is -3.59. The standard InChI is InChI=1S/C90H160NO8P/c1-6-8-10-12-14-16-18-20-22-24-26-28-30-32-34-36-38-40-42-44-45-47-49-51-53-55-57-59-61-63-65-67-69-71-73-75-77-79-81-83-90(93)99-88(87-98-100(94,95)97-85-84-91(3,4)5)86-96-89(92)82-80-78-76-74-72-70-68-66-64-62-60-58-56-54-52-50-48-46-43-41-39-37-35-33-31-29-27-25-23-21-19-17-15-13-11-9-7-2/h8-11,14-17,20-23,26-29,32-35,88H,6-7,12-13,18-19,24-25,30-31,36-87H2,1-5H3/p+1/b10-8-,11-9-,16-14-,17-15-,22-20-,23-21-,28-26-,29-27-,34-32-,35-33-. The van der Waals surface area contributed by atoms with Gasteiger partial charge in [-0.25, -0.2) is 4.57 Å². The van der Waals surface area contributed by atoms with Crippen LogP contribution in [-0.2, 0) is 32.7 Å². The summed E-state index contributed by atoms with van der Waals surface area (Å²) < 4.78 is 34.9. The number of nitrogens with zero attached hydrogens (tertiary/aromatic N) is 1. The van der Waals surface area contributed by atoms with Gasteiger partial charge in [-0.1, -0.05) is 392 Å². The molecule has 0 aromatic rings. The number of esters is 2. The van der Waals surface area contributed by atoms with Crippen molar-refractivity contribution in [3.63, 3.8) is 0 Å². The van der Waals surface area contributed by atoms with Crippen LogP contribution < -0.4 is 0 Å². The first kappa shape index (κ1) is 96.4. The average molecular weight is 1420 g/mol. The minimum Gasteiger partial charge on any atom is -0.462 e. The van der Waals surface area contributed by atoms with Crippen LogP contribution in [0.15, 0.2) is 122 Å². The lowest BCUT2D eigenvalue weighted by molar-refractivity contribution is -0.870. The predicted molar refractivity (Wildman–Crippen MR) is 436 cm³/mol. The Morgan fingerprint density at radius 3 is 0.800 bits per heavy atom. The zero-order valence-corrected chi connectivity index (χ0v) is 67.1. The van der Waals surface area contributed by atoms with Gasteiger partial charge in [0.05, 0.1) is 27.7 Å². The molecule has 1 N–H and O–H groups in total. The van der Waals surface area contributed by atoms with E-state index in [0.29, 0.717) is 23.9 Å². The summed E-state index contributed by atoms with van der Waals surface area (Å²) in [5.41, 5.74) is 0. The fourth-order valence-electron chi connectivity index (χ4n) is 12.1. The van der Waals surface area contributed by atoms with Crippen LogP contribution in [0.25, 0.3) is 0 Å². The monoisotopic (exact) mass is 1420 g/mol. The van der Waals surface area contributed by atoms with Gasteiger partial charge in [-0.05, 0) is 103 Å². The summed E-state index contributed by atoms with van der Waals surface area (Å²) in [5.74, 6) is -0.779. The second-order valence-corrected chi connectivity index (χ2v) is 30.9. The van der Waals surface area contributed by atoms with Crippen molar-refractivity contribution >= 4 is 19.8 Å². The summed E-state index contributed by atoms with van der Waals surface area (Å²) in [7, 11) is 1.49. The van der Waals surface area contributed by atoms with Gasteiger partial charge in [0.2, 0.25) is 0 Å². The van der Waals surface area contributed by atoms with Crippen molar-refractivity contribution in [1.82, 2.24) is 0 Å². The van der Waals surface area contributed by atoms with Crippen LogP contribution in [0.3, 0.4) is 0 Å². The van der Waals surface area contributed by atoms with Gasteiger partial charge in [-0.15, -0.1) is 0 Å². The molecular weight excluding hydrogens is 1250 g/mol. The minimum absolute atomic E-state index is 0.0315. The number of phosphoric ester groups is 1. The first-order valence-corrected chi connectivity index (χ1v) is 43.8. The van der Waals surface area contributed by atoms with Crippen molar-refractivity contribution in [3.05, 3.63) is 122 Å². The van der Waals surface area contributed by atoms with Gasteiger partial charge in [-0.3, -0.25) is 18.6 Å². The molecule has 0 spiro atoms. The fraction of sp³-hybridized carbons (Fsp3) is 0.756. The molecule has 100 heavy (non-hydrogen) atoms. The van der Waals surface area contributed by atoms with Crippen molar-refractivity contribution in [3.8, 4) is 0 Å². The number of carbonyl (C=O) groups is 2. The van der Waals surface area contributed by atoms with Crippen LogP contribution in [0.4, 0.5) is 0 Å². The van der Waals surface area contributed by atoms with Crippen LogP contribution >= 0.6 is 7.82 Å². The molecule has 10 heteroatoms. The van der Waals surface area contributed by atoms with E-state index in [0.717, 1.165) is 96.3 Å². The first-order valence-electron chi connectivity index (χ1n) is 42.3. The maximum atomic E-state index is 12.9. The second kappa shape index (κ2) is 79.5. The van der Waals surface area contributed by atoms with Crippen LogP contribution in [-0.4, -0.2) is 74.9 Å². The van der Waals surface area contributed by atoms with E-state index in [4.69, 9.17) is 18.5 Å². The second-order valence-electron chi connectivity index (χ2n) is 29.5. The number of likely N-dealkylation sites (N-methyl/N-ethyl adjacent to an activating group) is 1. The molecule has 0 saturated heterocycles. The number of phosphoric acid groups is 1. The van der Waals surface area contributed by atoms with Gasteiger partial charge < -0.3 is 18.9 Å². The Kier molecular flexibility index (Phi) is 76.7. The van der Waals surface area contributed by atoms with Gasteiger partial charge in [0.15, 0.2) is 6.10 Å². The maximum Gasteiger partial charge on any atom is 0.472 e. The number of rotatable bonds is 78. The zero-order chi connectivity index (χ0) is 72.5. The van der Waals surface area contributed by atoms with Gasteiger partial charge in [0.25, 0.3) is 0 Å². The smallest absolute Gasteiger partial charge is 0.462 e. The molecule has 0 aromatic heterocycles. The quantitative estimate of drug-likeness (QED) is 0.0211. The first-order chi connectivity index (χ1) is 49.0. The summed E-state index contributed by atoms with van der Waals surface area (Å²) in [5, 5.41) is 0. The average Bonchev–Trinajstić information content (AvgIpc) is 1.07. The van der Waals surface area contributed by atoms with Gasteiger partial charge in [0, 0.05) is 12.8 Å². The van der Waals surface area contributed by atoms with E-state index in [1.807, 2.05) is 21.1 Å². The lowest BCUT2D eigenvalue weighted by Crippen LogP contribution is -2.37. The maximum absolute atomic E-state index is 12.9. The Morgan fingerprint density at radius 2 is 0.540 bits per heavy atom. The number of quaternary nitrogens is 1. The molecule has 0 radical (unpaired) electrons. The third-order valence-corrected chi connectivity index (χ3v) is 19.5. The zero-order valence-electron chi connectivity index (χ0n) is 66.2. The molecule has 9 nitrogen and oxygen atoms in total. The Labute approximate surface area is 619 Å². The summed E-state index contributed by atoms with van der Waals surface area (Å²) in [4.78, 5) is 36.0. The van der Waals surface area contributed by atoms with Crippen LogP contribution in [0.5, 0.6) is 0 Å². The van der Waals surface area contributed by atoms with Gasteiger partial charge in [-0.2, -0.15) is 0 Å². The van der Waals surface area contributed by atoms with Crippen molar-refractivity contribution in [1.29, 1.82) is 0 Å². The van der Waals surface area contributed by atoms with Crippen LogP contribution in [0.1, 0.15) is 386 Å². The van der Waals surface area contributed by atoms with Crippen LogP contribution in [0.2, 0.25) is 0 Å². The van der Waals surface area contributed by atoms with Crippen molar-refractivity contribution in [2.45, 2.75) is 392 Å². The number of hydrogen-bond acceptors (Lipinski definition) is 7. The molecule has 0 rings (SSSR count). The van der Waals surface area contributed by atoms with Crippen molar-refractivity contribution in [2.24, 2.45) is 0 Å². The predicted octanol–water partition coefficient (Wildman–Crippen LogP) is 28.5. The number of ether oxygens (including phenoxy) is 2. The van der Waals surface area contributed by atoms with Gasteiger partial charge >= 0.3 is 19.8 Å². The lowest BCUT2D eigenvalue weighted by Gasteiger charge is -2.24. The molecule has 0 aromatic carbocycles. The number of carbonyl (C=O) groups excluding carboxylic acids is 2. The Morgan fingerprint density at radius 1 is 0.310 bits per heavy atom. The highest BCUT2D eigenvalue weighted by molar-refractivity contribution is 7.47. The molecule has 0 saturated carbocycles. The molecule has 0 aliphatic carbocycles. The van der Waals surface area contributed by atoms with Crippen LogP contribution in [0, 0.1) is 0 Å². The SMILES string of the molecule is CC/C=C\C/C=C\C/C=C\C/C=C\C/C=C\CCCCCCCCCCCCCCCCCCCCCCCCCC(=O)OC(COC(=O)CCCCCCCCCCCCCCCCCCCCCCC/C=C\C/C=C\C/C=C\C/C=C\C/C=C\CC)COP(=O)(O)OCC[N+](C)(C)C. The van der Waals surface area contributed by atoms with Gasteiger partial charge in [0.1, 0.15) is 19.8 Å². The summed E-state index contributed by atoms with van der Waals surface area (Å²) >= 11 is 0. The third-order valence-electron chi connectivity index (χ3n) is 18.5. The number of unbranched alkanes of at least 4 members (excludes halogenated alkanes) is 44. The molecule has 0 heterocycles. The number of allylic oxidation sites excluding steroid dienone is 20. The number of hydrogen-bond donors (Lipinski definition) is 1. The molecule has 0 aliphatic heterocycles. The fourth-order valence-corrected chi connectivity index (χ4v) is 12.9. The molecule has 0 aliphatic rings. The summed E-state index contributed by atoms with van der Waals surface area (Å²) in [6, 6.07) is 0. The highest BCUT2D eigenvalue weighted by atomic mass is 31.2. The topological polar surface area (TPSA) is 108 Å². The van der Waals surface area contributed by atoms with E-state index in [-0.39, 0.29) is 25.6 Å². The summed E-state index contributed by atoms with van der Waals surface area (Å²) in [6.07, 6.45) is 115. The van der Waals surface area contributed by atoms with E-state index in [1.165, 1.54) is 257 Å². The highest BCUT2D eigenvalue weighted by Gasteiger charge is 2.27. The molecule has 2 unspecified atom stereocenters. The Balaban J connectivity index is 3.90. The van der Waals surface area contributed by atoms with E-state index >= 15 is 0 Å². The molecule has 2 atom stereocenters. The van der Waals surface area contributed by atoms with E-state index < -0.39 is 26.5 Å². The van der Waals surface area contributed by atoms with E-state index in [2.05, 4.69) is 135 Å². The lowest BCUT2D eigenvalue weighted by atomic mass is 10.0. The largest absolute Gasteiger partial charge is 0.472 e. The Bertz CT molecular complexity index is 2110. The third kappa shape index (κ3) is 83.4. The highest BCUT2D eigenvalue weighted by Crippen LogP contribution is 2.43. The van der Waals surface area contributed by atoms with E-state index in [9.17, 15) is 19.0 Å². The molecule has 0 bridgehead atoms. The molecule has 0 amide bonds. The summed E-state index contributed by atoms with van der Waals surface area (Å²) in [6.45, 7) is 4.26. The van der Waals surface area contributed by atoms with E-state index in [1.54, 1.807) is 0 Å². The molecule has 0 fully saturated rings. The molecule has 578 valence electrons.